The second kappa shape index (κ2) is 10.8. The zero-order valence-corrected chi connectivity index (χ0v) is 18.8. The molecule has 1 aromatic heterocycles. The predicted octanol–water partition coefficient (Wildman–Crippen LogP) is 3.30. The van der Waals surface area contributed by atoms with Crippen molar-refractivity contribution in [3.05, 3.63) is 98.3 Å². The molecule has 4 rings (SSSR count). The molecule has 7 nitrogen and oxygen atoms in total. The van der Waals surface area contributed by atoms with Gasteiger partial charge in [-0.1, -0.05) is 67.6 Å². The molecule has 0 radical (unpaired) electrons. The fourth-order valence-electron chi connectivity index (χ4n) is 3.69. The Morgan fingerprint density at radius 1 is 1.03 bits per heavy atom. The van der Waals surface area contributed by atoms with Crippen molar-refractivity contribution >= 4 is 11.8 Å². The molecule has 2 heterocycles. The van der Waals surface area contributed by atoms with E-state index < -0.39 is 11.2 Å². The third kappa shape index (κ3) is 5.56. The maximum Gasteiger partial charge on any atom is 0.345 e. The van der Waals surface area contributed by atoms with Crippen molar-refractivity contribution in [3.63, 3.8) is 0 Å². The van der Waals surface area contributed by atoms with E-state index in [9.17, 15) is 9.59 Å². The number of nitrogens with zero attached hydrogens (tertiary/aromatic N) is 2. The molecule has 3 aromatic rings. The van der Waals surface area contributed by atoms with Crippen LogP contribution in [-0.2, 0) is 29.1 Å². The standard InChI is InChI=1S/C24H27N3O4S/c1-2-19-23(28)25-24(29)27(26-19)22-13-20(31-15-18-11-7-4-8-12-18)21(32-22)16-30-14-17-9-5-3-6-10-17/h3-12,20-22H,2,13-16H2,1H3,(H,25,28,29)/t20-,21+,22?/m0/s1. The van der Waals surface area contributed by atoms with Gasteiger partial charge in [0.2, 0.25) is 0 Å². The number of hydrogen-bond donors (Lipinski definition) is 1. The number of hydrogen-bond acceptors (Lipinski definition) is 6. The van der Waals surface area contributed by atoms with E-state index in [1.165, 1.54) is 4.68 Å². The average Bonchev–Trinajstić information content (AvgIpc) is 3.22. The number of aromatic nitrogens is 3. The van der Waals surface area contributed by atoms with E-state index in [1.54, 1.807) is 11.8 Å². The highest BCUT2D eigenvalue weighted by atomic mass is 32.2. The van der Waals surface area contributed by atoms with E-state index in [0.29, 0.717) is 38.4 Å². The van der Waals surface area contributed by atoms with E-state index in [2.05, 4.69) is 10.1 Å². The quantitative estimate of drug-likeness (QED) is 0.535. The van der Waals surface area contributed by atoms with Gasteiger partial charge in [-0.3, -0.25) is 9.78 Å². The monoisotopic (exact) mass is 453 g/mol. The molecule has 1 N–H and O–H groups in total. The molecule has 0 aliphatic carbocycles. The normalized spacial score (nSPS) is 20.5. The Morgan fingerprint density at radius 2 is 1.69 bits per heavy atom. The van der Waals surface area contributed by atoms with Gasteiger partial charge in [-0.2, -0.15) is 5.10 Å². The van der Waals surface area contributed by atoms with Crippen LogP contribution in [0.3, 0.4) is 0 Å². The van der Waals surface area contributed by atoms with E-state index in [1.807, 2.05) is 67.6 Å². The highest BCUT2D eigenvalue weighted by molar-refractivity contribution is 8.00. The Hall–Kier alpha value is -2.68. The molecule has 3 atom stereocenters. The van der Waals surface area contributed by atoms with Crippen molar-refractivity contribution < 1.29 is 9.47 Å². The Labute approximate surface area is 190 Å². The molecule has 0 bridgehead atoms. The lowest BCUT2D eigenvalue weighted by Gasteiger charge is -2.19. The van der Waals surface area contributed by atoms with Gasteiger partial charge in [0, 0.05) is 6.42 Å². The van der Waals surface area contributed by atoms with Crippen LogP contribution in [0.1, 0.15) is 35.5 Å². The first-order valence-electron chi connectivity index (χ1n) is 10.8. The highest BCUT2D eigenvalue weighted by Gasteiger charge is 2.38. The van der Waals surface area contributed by atoms with Gasteiger partial charge in [-0.15, -0.1) is 11.8 Å². The maximum atomic E-state index is 12.4. The summed E-state index contributed by atoms with van der Waals surface area (Å²) in [5.74, 6) is 0. The molecular formula is C24H27N3O4S. The molecule has 2 aromatic carbocycles. The van der Waals surface area contributed by atoms with Gasteiger partial charge in [-0.05, 0) is 17.5 Å². The largest absolute Gasteiger partial charge is 0.376 e. The van der Waals surface area contributed by atoms with Crippen LogP contribution < -0.4 is 11.2 Å². The number of rotatable bonds is 9. The third-order valence-corrected chi connectivity index (χ3v) is 6.90. The molecule has 0 spiro atoms. The number of aromatic amines is 1. The minimum absolute atomic E-state index is 0.0399. The van der Waals surface area contributed by atoms with Crippen molar-refractivity contribution in [1.82, 2.24) is 14.8 Å². The van der Waals surface area contributed by atoms with Crippen molar-refractivity contribution in [1.29, 1.82) is 0 Å². The molecule has 1 saturated heterocycles. The van der Waals surface area contributed by atoms with Gasteiger partial charge in [0.15, 0.2) is 0 Å². The van der Waals surface area contributed by atoms with Gasteiger partial charge < -0.3 is 9.47 Å². The smallest absolute Gasteiger partial charge is 0.345 e. The minimum atomic E-state index is -0.489. The Kier molecular flexibility index (Phi) is 7.57. The van der Waals surface area contributed by atoms with Crippen molar-refractivity contribution in [2.75, 3.05) is 6.61 Å². The van der Waals surface area contributed by atoms with Crippen LogP contribution in [0.5, 0.6) is 0 Å². The Balaban J connectivity index is 1.47. The minimum Gasteiger partial charge on any atom is -0.376 e. The van der Waals surface area contributed by atoms with Crippen LogP contribution in [0.2, 0.25) is 0 Å². The van der Waals surface area contributed by atoms with Gasteiger partial charge in [-0.25, -0.2) is 9.48 Å². The summed E-state index contributed by atoms with van der Waals surface area (Å²) in [6.45, 7) is 3.35. The van der Waals surface area contributed by atoms with Crippen LogP contribution in [0.4, 0.5) is 0 Å². The number of nitrogens with one attached hydrogen (secondary N) is 1. The summed E-state index contributed by atoms with van der Waals surface area (Å²) < 4.78 is 13.6. The summed E-state index contributed by atoms with van der Waals surface area (Å²) >= 11 is 1.61. The van der Waals surface area contributed by atoms with Crippen LogP contribution in [-0.4, -0.2) is 32.7 Å². The van der Waals surface area contributed by atoms with Crippen molar-refractivity contribution in [2.24, 2.45) is 0 Å². The predicted molar refractivity (Wildman–Crippen MR) is 125 cm³/mol. The first kappa shape index (κ1) is 22.5. The maximum absolute atomic E-state index is 12.4. The number of aryl methyl sites for hydroxylation is 1. The fraction of sp³-hybridized carbons (Fsp3) is 0.375. The van der Waals surface area contributed by atoms with E-state index in [-0.39, 0.29) is 16.7 Å². The molecule has 0 amide bonds. The Morgan fingerprint density at radius 3 is 2.34 bits per heavy atom. The third-order valence-electron chi connectivity index (χ3n) is 5.41. The van der Waals surface area contributed by atoms with Crippen LogP contribution in [0.25, 0.3) is 0 Å². The molecule has 168 valence electrons. The first-order chi connectivity index (χ1) is 15.6. The molecule has 1 unspecified atom stereocenters. The summed E-state index contributed by atoms with van der Waals surface area (Å²) in [6, 6.07) is 20.0. The molecule has 1 fully saturated rings. The number of thioether (sulfide) groups is 1. The molecule has 32 heavy (non-hydrogen) atoms. The van der Waals surface area contributed by atoms with Crippen LogP contribution in [0, 0.1) is 0 Å². The van der Waals surface area contributed by atoms with E-state index in [4.69, 9.17) is 9.47 Å². The lowest BCUT2D eigenvalue weighted by molar-refractivity contribution is 0.0130. The molecule has 1 aliphatic heterocycles. The molecule has 1 aliphatic rings. The van der Waals surface area contributed by atoms with Gasteiger partial charge in [0.1, 0.15) is 11.1 Å². The summed E-state index contributed by atoms with van der Waals surface area (Å²) in [5, 5.41) is 4.14. The lowest BCUT2D eigenvalue weighted by Crippen LogP contribution is -2.36. The SMILES string of the molecule is CCc1nn(C2C[C@H](OCc3ccccc3)[C@@H](COCc3ccccc3)S2)c(=O)[nH]c1=O. The molecule has 0 saturated carbocycles. The molecule has 8 heteroatoms. The average molecular weight is 454 g/mol. The second-order valence-electron chi connectivity index (χ2n) is 7.70. The number of ether oxygens (including phenoxy) is 2. The summed E-state index contributed by atoms with van der Waals surface area (Å²) in [6.07, 6.45) is 0.968. The van der Waals surface area contributed by atoms with Crippen molar-refractivity contribution in [3.8, 4) is 0 Å². The number of benzene rings is 2. The zero-order valence-electron chi connectivity index (χ0n) is 18.0. The highest BCUT2D eigenvalue weighted by Crippen LogP contribution is 2.42. The van der Waals surface area contributed by atoms with E-state index in [0.717, 1.165) is 11.1 Å². The first-order valence-corrected chi connectivity index (χ1v) is 11.7. The van der Waals surface area contributed by atoms with Crippen LogP contribution >= 0.6 is 11.8 Å². The van der Waals surface area contributed by atoms with Gasteiger partial charge in [0.25, 0.3) is 5.56 Å². The van der Waals surface area contributed by atoms with Gasteiger partial charge >= 0.3 is 5.69 Å². The van der Waals surface area contributed by atoms with Crippen LogP contribution in [0.15, 0.2) is 70.3 Å². The Bertz CT molecular complexity index is 1120. The molecular weight excluding hydrogens is 426 g/mol. The summed E-state index contributed by atoms with van der Waals surface area (Å²) in [7, 11) is 0. The zero-order chi connectivity index (χ0) is 22.3. The summed E-state index contributed by atoms with van der Waals surface area (Å²) in [5.41, 5.74) is 1.65. The number of H-pyrrole nitrogens is 1. The topological polar surface area (TPSA) is 86.2 Å². The van der Waals surface area contributed by atoms with Gasteiger partial charge in [0.05, 0.1) is 31.2 Å². The second-order valence-corrected chi connectivity index (χ2v) is 9.13. The summed E-state index contributed by atoms with van der Waals surface area (Å²) in [4.78, 5) is 26.8. The van der Waals surface area contributed by atoms with E-state index >= 15 is 0 Å². The van der Waals surface area contributed by atoms with Crippen molar-refractivity contribution in [2.45, 2.75) is 49.7 Å². The fourth-order valence-corrected chi connectivity index (χ4v) is 5.20. The lowest BCUT2D eigenvalue weighted by atomic mass is 10.2.